The molecular weight excluding hydrogens is 496 g/mol. The maximum Gasteiger partial charge on any atom is 0.409 e. The van der Waals surface area contributed by atoms with Gasteiger partial charge in [0.1, 0.15) is 18.5 Å². The minimum absolute atomic E-state index is 0.0277. The number of amides is 1. The van der Waals surface area contributed by atoms with Gasteiger partial charge in [-0.1, -0.05) is 49.4 Å². The van der Waals surface area contributed by atoms with Gasteiger partial charge in [-0.25, -0.2) is 4.79 Å². The quantitative estimate of drug-likeness (QED) is 0.316. The number of nitroso groups, excluding NO2 is 1. The van der Waals surface area contributed by atoms with Crippen LogP contribution in [-0.2, 0) is 25.7 Å². The molecule has 8 heteroatoms. The Hall–Kier alpha value is -2.77. The molecule has 8 nitrogen and oxygen atoms in total. The SMILES string of the molecule is CN(CCC(=O)O[C@H]1CC[C@@]2(C)C(C1)C(N=O)C[C@@H]1[C@@H]2CC[C@]2(C)C(=O)CC[C@@H]12)C(=O)OCc1ccccc1. The monoisotopic (exact) mass is 538 g/mol. The van der Waals surface area contributed by atoms with Crippen LogP contribution in [0.4, 0.5) is 4.79 Å². The lowest BCUT2D eigenvalue weighted by atomic mass is 9.44. The molecule has 5 rings (SSSR count). The minimum atomic E-state index is -0.482. The van der Waals surface area contributed by atoms with E-state index in [1.165, 1.54) is 4.90 Å². The molecule has 4 aliphatic carbocycles. The molecule has 1 aromatic carbocycles. The molecule has 4 saturated carbocycles. The van der Waals surface area contributed by atoms with Crippen LogP contribution in [0, 0.1) is 39.4 Å². The van der Waals surface area contributed by atoms with E-state index in [9.17, 15) is 19.3 Å². The molecule has 212 valence electrons. The molecule has 1 aromatic rings. The first-order valence-corrected chi connectivity index (χ1v) is 14.6. The Morgan fingerprint density at radius 3 is 2.54 bits per heavy atom. The number of nitrogens with zero attached hydrogens (tertiary/aromatic N) is 2. The zero-order chi connectivity index (χ0) is 27.8. The van der Waals surface area contributed by atoms with Gasteiger partial charge in [0.25, 0.3) is 0 Å². The Labute approximate surface area is 231 Å². The zero-order valence-corrected chi connectivity index (χ0v) is 23.5. The summed E-state index contributed by atoms with van der Waals surface area (Å²) in [5, 5.41) is 3.62. The Bertz CT molecular complexity index is 1090. The standard InChI is InChI=1S/C31H42N2O6/c1-30-14-11-21(39-28(35)13-16-33(3)29(36)38-19-20-7-5-4-6-8-20)17-25(30)26(32-37)18-22-23-9-10-27(34)31(23,2)15-12-24(22)30/h4-8,21-26H,9-19H2,1-3H3/t21-,22-,23-,24-,25?,26?,30+,31-/m0/s1. The lowest BCUT2D eigenvalue weighted by molar-refractivity contribution is -0.164. The number of benzene rings is 1. The van der Waals surface area contributed by atoms with Crippen molar-refractivity contribution in [2.24, 2.45) is 39.7 Å². The van der Waals surface area contributed by atoms with E-state index in [1.54, 1.807) is 7.05 Å². The zero-order valence-electron chi connectivity index (χ0n) is 23.5. The molecule has 0 saturated heterocycles. The largest absolute Gasteiger partial charge is 0.462 e. The highest BCUT2D eigenvalue weighted by molar-refractivity contribution is 5.87. The number of carbonyl (C=O) groups excluding carboxylic acids is 3. The first kappa shape index (κ1) is 27.8. The summed E-state index contributed by atoms with van der Waals surface area (Å²) >= 11 is 0. The number of esters is 1. The summed E-state index contributed by atoms with van der Waals surface area (Å²) in [5.41, 5.74) is 0.644. The van der Waals surface area contributed by atoms with Gasteiger partial charge in [0, 0.05) is 25.4 Å². The van der Waals surface area contributed by atoms with Gasteiger partial charge in [-0.3, -0.25) is 9.59 Å². The fourth-order valence-electron chi connectivity index (χ4n) is 8.68. The molecule has 1 amide bonds. The third-order valence-corrected chi connectivity index (χ3v) is 10.9. The third kappa shape index (κ3) is 5.23. The molecule has 2 unspecified atom stereocenters. The van der Waals surface area contributed by atoms with Crippen molar-refractivity contribution in [2.75, 3.05) is 13.6 Å². The van der Waals surface area contributed by atoms with Gasteiger partial charge < -0.3 is 14.4 Å². The van der Waals surface area contributed by atoms with E-state index in [4.69, 9.17) is 9.47 Å². The molecule has 0 radical (unpaired) electrons. The van der Waals surface area contributed by atoms with Gasteiger partial charge in [0.05, 0.1) is 12.5 Å². The summed E-state index contributed by atoms with van der Waals surface area (Å²) in [6.45, 7) is 4.86. The lowest BCUT2D eigenvalue weighted by Crippen LogP contribution is -2.58. The van der Waals surface area contributed by atoms with E-state index in [2.05, 4.69) is 19.0 Å². The second-order valence-electron chi connectivity index (χ2n) is 12.9. The van der Waals surface area contributed by atoms with E-state index in [0.29, 0.717) is 36.4 Å². The average Bonchev–Trinajstić information content (AvgIpc) is 3.25. The first-order chi connectivity index (χ1) is 18.7. The summed E-state index contributed by atoms with van der Waals surface area (Å²) < 4.78 is 11.2. The van der Waals surface area contributed by atoms with Crippen molar-refractivity contribution in [1.29, 1.82) is 0 Å². The van der Waals surface area contributed by atoms with Crippen molar-refractivity contribution in [3.63, 3.8) is 0 Å². The van der Waals surface area contributed by atoms with Crippen LogP contribution < -0.4 is 0 Å². The molecule has 0 bridgehead atoms. The van der Waals surface area contributed by atoms with Gasteiger partial charge in [-0.05, 0) is 79.6 Å². The van der Waals surface area contributed by atoms with Crippen LogP contribution in [-0.4, -0.2) is 48.5 Å². The smallest absolute Gasteiger partial charge is 0.409 e. The predicted molar refractivity (Wildman–Crippen MR) is 145 cm³/mol. The van der Waals surface area contributed by atoms with Crippen molar-refractivity contribution in [3.05, 3.63) is 40.8 Å². The van der Waals surface area contributed by atoms with Crippen LogP contribution in [0.15, 0.2) is 35.5 Å². The molecule has 8 atom stereocenters. The van der Waals surface area contributed by atoms with Crippen molar-refractivity contribution < 1.29 is 23.9 Å². The van der Waals surface area contributed by atoms with E-state index < -0.39 is 6.09 Å². The highest BCUT2D eigenvalue weighted by Crippen LogP contribution is 2.66. The number of fused-ring (bicyclic) bond motifs is 5. The lowest BCUT2D eigenvalue weighted by Gasteiger charge is -2.61. The molecule has 0 spiro atoms. The molecule has 0 aromatic heterocycles. The number of Topliss-reactive ketones (excluding diaryl/α,β-unsaturated/α-hetero) is 1. The van der Waals surface area contributed by atoms with E-state index in [1.807, 2.05) is 30.3 Å². The number of ketones is 1. The second-order valence-corrected chi connectivity index (χ2v) is 12.9. The van der Waals surface area contributed by atoms with Crippen LogP contribution in [0.2, 0.25) is 0 Å². The average molecular weight is 539 g/mol. The second kappa shape index (κ2) is 11.0. The third-order valence-electron chi connectivity index (χ3n) is 10.9. The molecule has 4 fully saturated rings. The summed E-state index contributed by atoms with van der Waals surface area (Å²) in [4.78, 5) is 51.2. The van der Waals surface area contributed by atoms with E-state index >= 15 is 0 Å². The van der Waals surface area contributed by atoms with Crippen LogP contribution in [0.25, 0.3) is 0 Å². The molecule has 0 aliphatic heterocycles. The fraction of sp³-hybridized carbons (Fsp3) is 0.710. The van der Waals surface area contributed by atoms with Gasteiger partial charge >= 0.3 is 12.1 Å². The number of hydrogen-bond acceptors (Lipinski definition) is 7. The number of carbonyl (C=O) groups is 3. The molecule has 4 aliphatic rings. The van der Waals surface area contributed by atoms with Crippen molar-refractivity contribution in [3.8, 4) is 0 Å². The summed E-state index contributed by atoms with van der Waals surface area (Å²) in [6.07, 6.45) is 6.00. The highest BCUT2D eigenvalue weighted by Gasteiger charge is 2.62. The maximum atomic E-state index is 12.7. The van der Waals surface area contributed by atoms with Gasteiger partial charge in [-0.2, -0.15) is 4.91 Å². The normalized spacial score (nSPS) is 37.2. The number of hydrogen-bond donors (Lipinski definition) is 0. The summed E-state index contributed by atoms with van der Waals surface area (Å²) in [5.74, 6) is 1.36. The van der Waals surface area contributed by atoms with Gasteiger partial charge in [0.2, 0.25) is 0 Å². The maximum absolute atomic E-state index is 12.7. The van der Waals surface area contributed by atoms with E-state index in [-0.39, 0.29) is 54.4 Å². The predicted octanol–water partition coefficient (Wildman–Crippen LogP) is 5.91. The van der Waals surface area contributed by atoms with Gasteiger partial charge in [0.15, 0.2) is 0 Å². The molecular formula is C31H42N2O6. The van der Waals surface area contributed by atoms with Crippen LogP contribution in [0.5, 0.6) is 0 Å². The van der Waals surface area contributed by atoms with E-state index in [0.717, 1.165) is 44.1 Å². The first-order valence-electron chi connectivity index (χ1n) is 14.6. The fourth-order valence-corrected chi connectivity index (χ4v) is 8.68. The van der Waals surface area contributed by atoms with Crippen LogP contribution in [0.3, 0.4) is 0 Å². The molecule has 0 heterocycles. The van der Waals surface area contributed by atoms with Crippen molar-refractivity contribution >= 4 is 17.8 Å². The number of ether oxygens (including phenoxy) is 2. The van der Waals surface area contributed by atoms with Crippen LogP contribution in [0.1, 0.15) is 77.2 Å². The Kier molecular flexibility index (Phi) is 7.84. The highest BCUT2D eigenvalue weighted by atomic mass is 16.6. The van der Waals surface area contributed by atoms with Crippen molar-refractivity contribution in [1.82, 2.24) is 4.90 Å². The summed E-state index contributed by atoms with van der Waals surface area (Å²) in [7, 11) is 1.61. The van der Waals surface area contributed by atoms with Crippen LogP contribution >= 0.6 is 0 Å². The molecule has 39 heavy (non-hydrogen) atoms. The minimum Gasteiger partial charge on any atom is -0.462 e. The van der Waals surface area contributed by atoms with Crippen molar-refractivity contribution in [2.45, 2.75) is 90.4 Å². The Morgan fingerprint density at radius 1 is 1.03 bits per heavy atom. The Morgan fingerprint density at radius 2 is 1.79 bits per heavy atom. The van der Waals surface area contributed by atoms with Gasteiger partial charge in [-0.15, -0.1) is 0 Å². The number of rotatable bonds is 7. The molecule has 0 N–H and O–H groups in total. The Balaban J connectivity index is 1.14. The summed E-state index contributed by atoms with van der Waals surface area (Å²) in [6, 6.07) is 9.15. The topological polar surface area (TPSA) is 102 Å².